The number of benzene rings is 2. The largest absolute Gasteiger partial charge is 0.384 e. The van der Waals surface area contributed by atoms with Gasteiger partial charge in [0.25, 0.3) is 0 Å². The molecular formula is C20H21N3. The third-order valence-corrected chi connectivity index (χ3v) is 5.15. The molecule has 0 amide bonds. The van der Waals surface area contributed by atoms with Crippen LogP contribution in [0.25, 0.3) is 0 Å². The monoisotopic (exact) mass is 303 g/mol. The molecule has 3 nitrogen and oxygen atoms in total. The Bertz CT molecular complexity index is 830. The Morgan fingerprint density at radius 1 is 1.13 bits per heavy atom. The first-order valence-electron chi connectivity index (χ1n) is 8.26. The predicted molar refractivity (Wildman–Crippen MR) is 92.2 cm³/mol. The molecule has 0 radical (unpaired) electrons. The number of hydrogen-bond donors (Lipinski definition) is 1. The molecule has 4 rings (SSSR count). The van der Waals surface area contributed by atoms with Crippen LogP contribution >= 0.6 is 0 Å². The molecule has 0 fully saturated rings. The van der Waals surface area contributed by atoms with Gasteiger partial charge in [-0.2, -0.15) is 5.26 Å². The summed E-state index contributed by atoms with van der Waals surface area (Å²) < 4.78 is 0. The molecule has 0 bridgehead atoms. The smallest absolute Gasteiger partial charge is 0.0991 e. The summed E-state index contributed by atoms with van der Waals surface area (Å²) in [6, 6.07) is 10.6. The Hall–Kier alpha value is -2.31. The third kappa shape index (κ3) is 2.40. The van der Waals surface area contributed by atoms with Gasteiger partial charge in [-0.3, -0.25) is 4.90 Å². The fourth-order valence-corrected chi connectivity index (χ4v) is 4.04. The van der Waals surface area contributed by atoms with Crippen LogP contribution in [0, 0.1) is 25.2 Å². The maximum atomic E-state index is 9.07. The molecule has 2 aliphatic heterocycles. The number of nitrogens with zero attached hydrogens (tertiary/aromatic N) is 2. The molecular weight excluding hydrogens is 282 g/mol. The minimum atomic E-state index is 0.766. The van der Waals surface area contributed by atoms with Gasteiger partial charge in [0, 0.05) is 31.9 Å². The normalized spacial score (nSPS) is 15.9. The van der Waals surface area contributed by atoms with E-state index < -0.39 is 0 Å². The molecule has 0 unspecified atom stereocenters. The van der Waals surface area contributed by atoms with E-state index in [1.54, 1.807) is 0 Å². The second-order valence-electron chi connectivity index (χ2n) is 6.76. The molecule has 116 valence electrons. The van der Waals surface area contributed by atoms with Crippen LogP contribution in [0.4, 0.5) is 5.69 Å². The lowest BCUT2D eigenvalue weighted by molar-refractivity contribution is 0.274. The maximum Gasteiger partial charge on any atom is 0.0991 e. The average molecular weight is 303 g/mol. The van der Waals surface area contributed by atoms with E-state index in [0.717, 1.165) is 38.2 Å². The van der Waals surface area contributed by atoms with E-state index in [1.165, 1.54) is 39.1 Å². The number of fused-ring (bicyclic) bond motifs is 2. The lowest BCUT2D eigenvalue weighted by Gasteiger charge is -2.20. The average Bonchev–Trinajstić information content (AvgIpc) is 3.17. The zero-order valence-electron chi connectivity index (χ0n) is 13.7. The molecule has 0 aromatic heterocycles. The number of rotatable bonds is 2. The van der Waals surface area contributed by atoms with E-state index >= 15 is 0 Å². The van der Waals surface area contributed by atoms with Crippen LogP contribution in [0.1, 0.15) is 38.9 Å². The van der Waals surface area contributed by atoms with E-state index in [4.69, 9.17) is 5.26 Å². The molecule has 0 spiro atoms. The van der Waals surface area contributed by atoms with Crippen molar-refractivity contribution in [1.82, 2.24) is 4.90 Å². The van der Waals surface area contributed by atoms with Gasteiger partial charge in [-0.05, 0) is 65.8 Å². The minimum absolute atomic E-state index is 0.766. The molecule has 2 aromatic rings. The lowest BCUT2D eigenvalue weighted by atomic mass is 9.96. The summed E-state index contributed by atoms with van der Waals surface area (Å²) in [7, 11) is 0. The maximum absolute atomic E-state index is 9.07. The number of anilines is 1. The van der Waals surface area contributed by atoms with Gasteiger partial charge in [-0.15, -0.1) is 0 Å². The molecule has 2 heterocycles. The van der Waals surface area contributed by atoms with Crippen LogP contribution in [-0.2, 0) is 26.1 Å². The first kappa shape index (κ1) is 14.3. The van der Waals surface area contributed by atoms with Crippen molar-refractivity contribution in [3.8, 4) is 6.07 Å². The molecule has 3 heteroatoms. The second kappa shape index (κ2) is 5.40. The molecule has 23 heavy (non-hydrogen) atoms. The number of nitriles is 1. The van der Waals surface area contributed by atoms with Crippen molar-refractivity contribution in [2.75, 3.05) is 11.9 Å². The van der Waals surface area contributed by atoms with Crippen LogP contribution < -0.4 is 5.32 Å². The zero-order valence-corrected chi connectivity index (χ0v) is 13.7. The van der Waals surface area contributed by atoms with E-state index in [0.29, 0.717) is 0 Å². The summed E-state index contributed by atoms with van der Waals surface area (Å²) in [6.07, 6.45) is 1.13. The van der Waals surface area contributed by atoms with Gasteiger partial charge in [0.2, 0.25) is 0 Å². The summed E-state index contributed by atoms with van der Waals surface area (Å²) in [5.41, 5.74) is 10.6. The SMILES string of the molecule is Cc1cc(C)c2c(c1CN1Cc3ccc(C#N)cc3C1)CCN2. The Balaban J connectivity index is 1.62. The van der Waals surface area contributed by atoms with Crippen LogP contribution in [0.3, 0.4) is 0 Å². The summed E-state index contributed by atoms with van der Waals surface area (Å²) in [6.45, 7) is 8.41. The van der Waals surface area contributed by atoms with E-state index in [9.17, 15) is 0 Å². The van der Waals surface area contributed by atoms with E-state index in [2.05, 4.69) is 42.3 Å². The van der Waals surface area contributed by atoms with Gasteiger partial charge < -0.3 is 5.32 Å². The second-order valence-corrected chi connectivity index (χ2v) is 6.76. The highest BCUT2D eigenvalue weighted by molar-refractivity contribution is 5.65. The molecule has 0 aliphatic carbocycles. The van der Waals surface area contributed by atoms with Crippen molar-refractivity contribution in [2.24, 2.45) is 0 Å². The highest BCUT2D eigenvalue weighted by Crippen LogP contribution is 2.34. The highest BCUT2D eigenvalue weighted by atomic mass is 15.1. The van der Waals surface area contributed by atoms with E-state index in [-0.39, 0.29) is 0 Å². The van der Waals surface area contributed by atoms with Gasteiger partial charge in [-0.25, -0.2) is 0 Å². The van der Waals surface area contributed by atoms with Crippen LogP contribution in [0.2, 0.25) is 0 Å². The third-order valence-electron chi connectivity index (χ3n) is 5.15. The molecule has 0 saturated carbocycles. The molecule has 0 saturated heterocycles. The van der Waals surface area contributed by atoms with Crippen LogP contribution in [0.15, 0.2) is 24.3 Å². The molecule has 2 aliphatic rings. The van der Waals surface area contributed by atoms with Crippen molar-refractivity contribution >= 4 is 5.69 Å². The van der Waals surface area contributed by atoms with E-state index in [1.807, 2.05) is 12.1 Å². The standard InChI is InChI=1S/C20H21N3/c1-13-7-14(2)20-18(5-6-22-20)19(13)12-23-10-16-4-3-15(9-21)8-17(16)11-23/h3-4,7-8,22H,5-6,10-12H2,1-2H3. The summed E-state index contributed by atoms with van der Waals surface area (Å²) >= 11 is 0. The predicted octanol–water partition coefficient (Wildman–Crippen LogP) is 3.66. The van der Waals surface area contributed by atoms with Gasteiger partial charge in [-0.1, -0.05) is 12.1 Å². The Morgan fingerprint density at radius 3 is 2.78 bits per heavy atom. The quantitative estimate of drug-likeness (QED) is 0.920. The van der Waals surface area contributed by atoms with Gasteiger partial charge >= 0.3 is 0 Å². The Morgan fingerprint density at radius 2 is 1.96 bits per heavy atom. The summed E-state index contributed by atoms with van der Waals surface area (Å²) in [4.78, 5) is 2.49. The minimum Gasteiger partial charge on any atom is -0.384 e. The van der Waals surface area contributed by atoms with Gasteiger partial charge in [0.15, 0.2) is 0 Å². The van der Waals surface area contributed by atoms with Crippen LogP contribution in [-0.4, -0.2) is 11.4 Å². The molecule has 0 atom stereocenters. The van der Waals surface area contributed by atoms with Crippen LogP contribution in [0.5, 0.6) is 0 Å². The fraction of sp³-hybridized carbons (Fsp3) is 0.350. The van der Waals surface area contributed by atoms with Gasteiger partial charge in [0.05, 0.1) is 11.6 Å². The van der Waals surface area contributed by atoms with Crippen molar-refractivity contribution in [1.29, 1.82) is 5.26 Å². The van der Waals surface area contributed by atoms with Crippen molar-refractivity contribution < 1.29 is 0 Å². The Labute approximate surface area is 137 Å². The number of nitrogens with one attached hydrogen (secondary N) is 1. The molecule has 2 aromatic carbocycles. The van der Waals surface area contributed by atoms with Gasteiger partial charge in [0.1, 0.15) is 0 Å². The Kier molecular flexibility index (Phi) is 3.36. The highest BCUT2D eigenvalue weighted by Gasteiger charge is 2.24. The number of hydrogen-bond acceptors (Lipinski definition) is 3. The lowest BCUT2D eigenvalue weighted by Crippen LogP contribution is -2.17. The number of aryl methyl sites for hydroxylation is 2. The summed E-state index contributed by atoms with van der Waals surface area (Å²) in [5, 5.41) is 12.6. The molecule has 1 N–H and O–H groups in total. The first-order valence-corrected chi connectivity index (χ1v) is 8.26. The first-order chi connectivity index (χ1) is 11.2. The topological polar surface area (TPSA) is 39.1 Å². The fourth-order valence-electron chi connectivity index (χ4n) is 4.04. The zero-order chi connectivity index (χ0) is 16.0. The van der Waals surface area contributed by atoms with Crippen molar-refractivity contribution in [2.45, 2.75) is 39.9 Å². The summed E-state index contributed by atoms with van der Waals surface area (Å²) in [5.74, 6) is 0. The van der Waals surface area contributed by atoms with Crippen molar-refractivity contribution in [3.05, 3.63) is 63.2 Å². The van der Waals surface area contributed by atoms with Crippen molar-refractivity contribution in [3.63, 3.8) is 0 Å².